The van der Waals surface area contributed by atoms with Crippen LogP contribution in [0.1, 0.15) is 18.1 Å². The molecule has 2 rings (SSSR count). The number of para-hydroxylation sites is 1. The maximum atomic E-state index is 5.31. The van der Waals surface area contributed by atoms with E-state index in [1.807, 2.05) is 29.1 Å². The maximum Gasteiger partial charge on any atom is 0.123 e. The van der Waals surface area contributed by atoms with Gasteiger partial charge >= 0.3 is 0 Å². The zero-order chi connectivity index (χ0) is 12.8. The van der Waals surface area contributed by atoms with Gasteiger partial charge in [0.1, 0.15) is 5.75 Å². The molecule has 18 heavy (non-hydrogen) atoms. The number of nitrogens with zero attached hydrogens (tertiary/aromatic N) is 2. The highest BCUT2D eigenvalue weighted by molar-refractivity contribution is 5.33. The van der Waals surface area contributed by atoms with Crippen LogP contribution in [-0.4, -0.2) is 16.9 Å². The third kappa shape index (κ3) is 3.11. The van der Waals surface area contributed by atoms with Crippen molar-refractivity contribution in [2.75, 3.05) is 7.11 Å². The highest BCUT2D eigenvalue weighted by Gasteiger charge is 2.01. The van der Waals surface area contributed by atoms with Gasteiger partial charge in [-0.25, -0.2) is 0 Å². The van der Waals surface area contributed by atoms with Crippen molar-refractivity contribution in [1.29, 1.82) is 0 Å². The molecule has 0 atom stereocenters. The number of rotatable bonds is 6. The molecule has 0 bridgehead atoms. The summed E-state index contributed by atoms with van der Waals surface area (Å²) in [4.78, 5) is 0. The molecule has 0 unspecified atom stereocenters. The van der Waals surface area contributed by atoms with Crippen molar-refractivity contribution in [3.8, 4) is 5.75 Å². The second-order valence-electron chi connectivity index (χ2n) is 4.12. The molecule has 0 saturated heterocycles. The Hall–Kier alpha value is -1.81. The van der Waals surface area contributed by atoms with Gasteiger partial charge in [0.15, 0.2) is 0 Å². The van der Waals surface area contributed by atoms with E-state index in [-0.39, 0.29) is 0 Å². The first-order chi connectivity index (χ1) is 8.83. The minimum atomic E-state index is 0.793. The fourth-order valence-electron chi connectivity index (χ4n) is 1.86. The van der Waals surface area contributed by atoms with E-state index in [1.165, 1.54) is 11.1 Å². The van der Waals surface area contributed by atoms with E-state index >= 15 is 0 Å². The van der Waals surface area contributed by atoms with Gasteiger partial charge in [-0.15, -0.1) is 0 Å². The van der Waals surface area contributed by atoms with E-state index in [2.05, 4.69) is 29.6 Å². The Morgan fingerprint density at radius 3 is 2.83 bits per heavy atom. The minimum Gasteiger partial charge on any atom is -0.496 e. The van der Waals surface area contributed by atoms with Gasteiger partial charge in [0.25, 0.3) is 0 Å². The molecule has 0 aliphatic heterocycles. The van der Waals surface area contributed by atoms with Crippen molar-refractivity contribution in [3.63, 3.8) is 0 Å². The van der Waals surface area contributed by atoms with Gasteiger partial charge in [-0.3, -0.25) is 4.68 Å². The van der Waals surface area contributed by atoms with Crippen LogP contribution in [0.2, 0.25) is 0 Å². The first-order valence-electron chi connectivity index (χ1n) is 6.17. The first kappa shape index (κ1) is 12.6. The van der Waals surface area contributed by atoms with Crippen LogP contribution in [0, 0.1) is 0 Å². The highest BCUT2D eigenvalue weighted by atomic mass is 16.5. The number of ether oxygens (including phenoxy) is 1. The predicted molar refractivity (Wildman–Crippen MR) is 71.4 cm³/mol. The second kappa shape index (κ2) is 6.21. The van der Waals surface area contributed by atoms with Gasteiger partial charge in [0, 0.05) is 37.0 Å². The molecule has 1 aromatic heterocycles. The van der Waals surface area contributed by atoms with Gasteiger partial charge in [-0.2, -0.15) is 5.10 Å². The summed E-state index contributed by atoms with van der Waals surface area (Å²) in [7, 11) is 1.70. The molecule has 1 heterocycles. The van der Waals surface area contributed by atoms with E-state index in [9.17, 15) is 0 Å². The normalized spacial score (nSPS) is 10.6. The van der Waals surface area contributed by atoms with Crippen LogP contribution in [0.3, 0.4) is 0 Å². The van der Waals surface area contributed by atoms with E-state index in [1.54, 1.807) is 7.11 Å². The van der Waals surface area contributed by atoms with Gasteiger partial charge in [0.2, 0.25) is 0 Å². The lowest BCUT2D eigenvalue weighted by molar-refractivity contribution is 0.407. The summed E-state index contributed by atoms with van der Waals surface area (Å²) >= 11 is 0. The van der Waals surface area contributed by atoms with Crippen molar-refractivity contribution in [3.05, 3.63) is 47.8 Å². The van der Waals surface area contributed by atoms with Crippen molar-refractivity contribution < 1.29 is 4.74 Å². The summed E-state index contributed by atoms with van der Waals surface area (Å²) in [5.41, 5.74) is 2.37. The molecule has 0 spiro atoms. The van der Waals surface area contributed by atoms with Crippen LogP contribution >= 0.6 is 0 Å². The number of aromatic nitrogens is 2. The van der Waals surface area contributed by atoms with Crippen LogP contribution in [0.25, 0.3) is 0 Å². The lowest BCUT2D eigenvalue weighted by atomic mass is 10.2. The molecule has 0 radical (unpaired) electrons. The molecule has 0 aliphatic carbocycles. The standard InChI is InChI=1S/C14H19N3O/c1-3-17-11-12(9-16-17)8-15-10-13-6-4-5-7-14(13)18-2/h4-7,9,11,15H,3,8,10H2,1-2H3. The molecule has 1 N–H and O–H groups in total. The molecule has 1 aromatic carbocycles. The summed E-state index contributed by atoms with van der Waals surface area (Å²) in [6.07, 6.45) is 3.97. The molecule has 2 aromatic rings. The van der Waals surface area contributed by atoms with Gasteiger partial charge in [-0.1, -0.05) is 18.2 Å². The Kier molecular flexibility index (Phi) is 4.36. The van der Waals surface area contributed by atoms with E-state index < -0.39 is 0 Å². The number of benzene rings is 1. The molecule has 96 valence electrons. The zero-order valence-electron chi connectivity index (χ0n) is 10.9. The molecule has 4 nitrogen and oxygen atoms in total. The SMILES string of the molecule is CCn1cc(CNCc2ccccc2OC)cn1. The molecule has 0 amide bonds. The van der Waals surface area contributed by atoms with Crippen LogP contribution < -0.4 is 10.1 Å². The fraction of sp³-hybridized carbons (Fsp3) is 0.357. The third-order valence-corrected chi connectivity index (χ3v) is 2.85. The van der Waals surface area contributed by atoms with Crippen LogP contribution in [0.15, 0.2) is 36.7 Å². The van der Waals surface area contributed by atoms with Gasteiger partial charge < -0.3 is 10.1 Å². The maximum absolute atomic E-state index is 5.31. The Morgan fingerprint density at radius 2 is 2.11 bits per heavy atom. The molecule has 4 heteroatoms. The molecule has 0 fully saturated rings. The molecular weight excluding hydrogens is 226 g/mol. The van der Waals surface area contributed by atoms with Crippen molar-refractivity contribution in [2.24, 2.45) is 0 Å². The Balaban J connectivity index is 1.88. The number of nitrogens with one attached hydrogen (secondary N) is 1. The molecular formula is C14H19N3O. The average Bonchev–Trinajstić information content (AvgIpc) is 2.87. The quantitative estimate of drug-likeness (QED) is 0.848. The Labute approximate surface area is 108 Å². The lowest BCUT2D eigenvalue weighted by Crippen LogP contribution is -2.13. The van der Waals surface area contributed by atoms with Crippen molar-refractivity contribution in [1.82, 2.24) is 15.1 Å². The summed E-state index contributed by atoms with van der Waals surface area (Å²) < 4.78 is 7.24. The Bertz CT molecular complexity index is 493. The number of hydrogen-bond acceptors (Lipinski definition) is 3. The summed E-state index contributed by atoms with van der Waals surface area (Å²) in [5, 5.41) is 7.64. The van der Waals surface area contributed by atoms with Crippen molar-refractivity contribution in [2.45, 2.75) is 26.6 Å². The minimum absolute atomic E-state index is 0.793. The van der Waals surface area contributed by atoms with Crippen LogP contribution in [0.5, 0.6) is 5.75 Å². The molecule has 0 aliphatic rings. The summed E-state index contributed by atoms with van der Waals surface area (Å²) in [6, 6.07) is 8.05. The fourth-order valence-corrected chi connectivity index (χ4v) is 1.86. The number of methoxy groups -OCH3 is 1. The van der Waals surface area contributed by atoms with Crippen molar-refractivity contribution >= 4 is 0 Å². The van der Waals surface area contributed by atoms with Gasteiger partial charge in [0.05, 0.1) is 13.3 Å². The predicted octanol–water partition coefficient (Wildman–Crippen LogP) is 2.20. The smallest absolute Gasteiger partial charge is 0.123 e. The average molecular weight is 245 g/mol. The van der Waals surface area contributed by atoms with Crippen LogP contribution in [-0.2, 0) is 19.6 Å². The monoisotopic (exact) mass is 245 g/mol. The third-order valence-electron chi connectivity index (χ3n) is 2.85. The van der Waals surface area contributed by atoms with Gasteiger partial charge in [-0.05, 0) is 13.0 Å². The topological polar surface area (TPSA) is 39.1 Å². The summed E-state index contributed by atoms with van der Waals surface area (Å²) in [5.74, 6) is 0.925. The Morgan fingerprint density at radius 1 is 1.28 bits per heavy atom. The largest absolute Gasteiger partial charge is 0.496 e. The summed E-state index contributed by atoms with van der Waals surface area (Å²) in [6.45, 7) is 4.60. The number of aryl methyl sites for hydroxylation is 1. The highest BCUT2D eigenvalue weighted by Crippen LogP contribution is 2.16. The molecule has 0 saturated carbocycles. The van der Waals surface area contributed by atoms with E-state index in [4.69, 9.17) is 4.74 Å². The number of hydrogen-bond donors (Lipinski definition) is 1. The zero-order valence-corrected chi connectivity index (χ0v) is 10.9. The lowest BCUT2D eigenvalue weighted by Gasteiger charge is -2.08. The van der Waals surface area contributed by atoms with Crippen LogP contribution in [0.4, 0.5) is 0 Å². The van der Waals surface area contributed by atoms with E-state index in [0.717, 1.165) is 25.4 Å². The second-order valence-corrected chi connectivity index (χ2v) is 4.12. The van der Waals surface area contributed by atoms with E-state index in [0.29, 0.717) is 0 Å². The first-order valence-corrected chi connectivity index (χ1v) is 6.17.